The summed E-state index contributed by atoms with van der Waals surface area (Å²) in [4.78, 5) is 0. The highest BCUT2D eigenvalue weighted by Gasteiger charge is 2.84. The van der Waals surface area contributed by atoms with Gasteiger partial charge in [-0.25, -0.2) is 0 Å². The Morgan fingerprint density at radius 1 is 0.931 bits per heavy atom. The van der Waals surface area contributed by atoms with E-state index in [1.165, 1.54) is 6.08 Å². The summed E-state index contributed by atoms with van der Waals surface area (Å²) in [5.74, 6) is -0.575. The van der Waals surface area contributed by atoms with Gasteiger partial charge in [0, 0.05) is 11.8 Å². The quantitative estimate of drug-likeness (QED) is 0.376. The summed E-state index contributed by atoms with van der Waals surface area (Å²) in [5.41, 5.74) is -7.71. The molecular weight excluding hydrogens is 405 g/mol. The van der Waals surface area contributed by atoms with Crippen molar-refractivity contribution in [3.8, 4) is 0 Å². The molecule has 166 valence electrons. The van der Waals surface area contributed by atoms with E-state index in [1.807, 2.05) is 0 Å². The van der Waals surface area contributed by atoms with E-state index in [0.717, 1.165) is 0 Å². The van der Waals surface area contributed by atoms with Crippen molar-refractivity contribution in [3.63, 3.8) is 0 Å². The minimum Gasteiger partial charge on any atom is -0.324 e. The molecule has 4 saturated carbocycles. The van der Waals surface area contributed by atoms with Gasteiger partial charge in [-0.15, -0.1) is 6.58 Å². The molecule has 5 aliphatic rings. The van der Waals surface area contributed by atoms with E-state index >= 15 is 4.39 Å². The molecule has 1 aliphatic heterocycles. The van der Waals surface area contributed by atoms with Crippen LogP contribution in [0.5, 0.6) is 0 Å². The third-order valence-corrected chi connectivity index (χ3v) is 7.58. The standard InChI is InChI=1S/C20H25F7O2/c1-2-15-8-13-7-14(9-15)11-16(10-13,12-15)18(19(22,23)24,20(25,26)27)29-17(21)5-3-4-6-28-17/h2,13-14H,1,3-12H2. The second-order valence-electron chi connectivity index (χ2n) is 9.55. The van der Waals surface area contributed by atoms with Crippen molar-refractivity contribution in [1.82, 2.24) is 0 Å². The SMILES string of the molecule is C=CC12CC3CC(C1)CC(C(OC1(F)CCCCO1)(C(F)(F)F)C(F)(F)F)(C3)C2. The molecule has 3 unspecified atom stereocenters. The average Bonchev–Trinajstić information content (AvgIpc) is 2.57. The van der Waals surface area contributed by atoms with Crippen molar-refractivity contribution in [3.05, 3.63) is 12.7 Å². The first-order valence-electron chi connectivity index (χ1n) is 10.1. The highest BCUT2D eigenvalue weighted by atomic mass is 19.4. The van der Waals surface area contributed by atoms with Gasteiger partial charge in [0.2, 0.25) is 0 Å². The van der Waals surface area contributed by atoms with E-state index in [0.29, 0.717) is 25.7 Å². The van der Waals surface area contributed by atoms with Crippen molar-refractivity contribution in [1.29, 1.82) is 0 Å². The molecule has 0 aromatic heterocycles. The Labute approximate surface area is 164 Å². The molecule has 0 radical (unpaired) electrons. The Morgan fingerprint density at radius 3 is 1.97 bits per heavy atom. The Hall–Kier alpha value is -0.830. The lowest BCUT2D eigenvalue weighted by atomic mass is 9.40. The summed E-state index contributed by atoms with van der Waals surface area (Å²) < 4.78 is 111. The van der Waals surface area contributed by atoms with Gasteiger partial charge in [-0.05, 0) is 68.6 Å². The van der Waals surface area contributed by atoms with Crippen LogP contribution >= 0.6 is 0 Å². The average molecular weight is 430 g/mol. The summed E-state index contributed by atoms with van der Waals surface area (Å²) in [6, 6.07) is -3.41. The molecular formula is C20H25F7O2. The lowest BCUT2D eigenvalue weighted by Crippen LogP contribution is -2.74. The smallest absolute Gasteiger partial charge is 0.324 e. The lowest BCUT2D eigenvalue weighted by molar-refractivity contribution is -0.498. The van der Waals surface area contributed by atoms with Crippen molar-refractivity contribution in [2.75, 3.05) is 6.61 Å². The van der Waals surface area contributed by atoms with E-state index in [9.17, 15) is 26.3 Å². The largest absolute Gasteiger partial charge is 0.427 e. The van der Waals surface area contributed by atoms with Crippen LogP contribution in [0.4, 0.5) is 30.7 Å². The second-order valence-corrected chi connectivity index (χ2v) is 9.55. The maximum atomic E-state index is 15.1. The zero-order chi connectivity index (χ0) is 21.3. The van der Waals surface area contributed by atoms with Gasteiger partial charge in [-0.3, -0.25) is 4.74 Å². The molecule has 0 aromatic rings. The number of ether oxygens (including phenoxy) is 2. The maximum Gasteiger partial charge on any atom is 0.427 e. The number of halogens is 7. The summed E-state index contributed by atoms with van der Waals surface area (Å²) in [6.45, 7) is 3.43. The Kier molecular flexibility index (Phi) is 4.68. The number of hydrogen-bond donors (Lipinski definition) is 0. The van der Waals surface area contributed by atoms with Crippen LogP contribution in [0.25, 0.3) is 0 Å². The first-order chi connectivity index (χ1) is 13.3. The molecule has 1 saturated heterocycles. The van der Waals surface area contributed by atoms with E-state index in [4.69, 9.17) is 4.74 Å². The zero-order valence-electron chi connectivity index (χ0n) is 16.0. The summed E-state index contributed by atoms with van der Waals surface area (Å²) in [6.07, 6.45) is -9.66. The molecule has 9 heteroatoms. The number of rotatable bonds is 4. The summed E-state index contributed by atoms with van der Waals surface area (Å²) in [5, 5.41) is 0. The third kappa shape index (κ3) is 3.05. The molecule has 5 fully saturated rings. The molecule has 5 rings (SSSR count). The fourth-order valence-electron chi connectivity index (χ4n) is 7.01. The fourth-order valence-corrected chi connectivity index (χ4v) is 7.01. The topological polar surface area (TPSA) is 18.5 Å². The van der Waals surface area contributed by atoms with Crippen LogP contribution in [0.1, 0.15) is 57.8 Å². The van der Waals surface area contributed by atoms with E-state index < -0.39 is 41.2 Å². The Morgan fingerprint density at radius 2 is 1.52 bits per heavy atom. The van der Waals surface area contributed by atoms with Gasteiger partial charge < -0.3 is 4.74 Å². The van der Waals surface area contributed by atoms with E-state index in [1.54, 1.807) is 0 Å². The van der Waals surface area contributed by atoms with Crippen LogP contribution < -0.4 is 0 Å². The number of hydrogen-bond acceptors (Lipinski definition) is 2. The first-order valence-corrected chi connectivity index (χ1v) is 10.1. The predicted molar refractivity (Wildman–Crippen MR) is 89.3 cm³/mol. The minimum atomic E-state index is -5.85. The Balaban J connectivity index is 1.87. The van der Waals surface area contributed by atoms with E-state index in [2.05, 4.69) is 11.3 Å². The molecule has 1 heterocycles. The maximum absolute atomic E-state index is 15.1. The van der Waals surface area contributed by atoms with Gasteiger partial charge in [-0.2, -0.15) is 30.7 Å². The number of alkyl halides is 7. The van der Waals surface area contributed by atoms with Gasteiger partial charge >= 0.3 is 18.4 Å². The Bertz CT molecular complexity index is 635. The fraction of sp³-hybridized carbons (Fsp3) is 0.900. The summed E-state index contributed by atoms with van der Waals surface area (Å²) >= 11 is 0. The number of allylic oxidation sites excluding steroid dienone is 1. The van der Waals surface area contributed by atoms with Gasteiger partial charge in [-0.1, -0.05) is 6.08 Å². The van der Waals surface area contributed by atoms with Gasteiger partial charge in [0.15, 0.2) is 0 Å². The molecule has 0 N–H and O–H groups in total. The molecule has 29 heavy (non-hydrogen) atoms. The molecule has 3 atom stereocenters. The van der Waals surface area contributed by atoms with Crippen LogP contribution in [0, 0.1) is 22.7 Å². The van der Waals surface area contributed by atoms with Crippen molar-refractivity contribution in [2.45, 2.75) is 81.8 Å². The molecule has 0 aromatic carbocycles. The van der Waals surface area contributed by atoms with Gasteiger partial charge in [0.1, 0.15) is 0 Å². The van der Waals surface area contributed by atoms with Crippen molar-refractivity contribution < 1.29 is 40.2 Å². The van der Waals surface area contributed by atoms with E-state index in [-0.39, 0.29) is 44.1 Å². The first kappa shape index (κ1) is 21.4. The third-order valence-electron chi connectivity index (χ3n) is 7.58. The summed E-state index contributed by atoms with van der Waals surface area (Å²) in [7, 11) is 0. The predicted octanol–water partition coefficient (Wildman–Crippen LogP) is 6.46. The van der Waals surface area contributed by atoms with Crippen LogP contribution in [0.2, 0.25) is 0 Å². The zero-order valence-corrected chi connectivity index (χ0v) is 16.0. The van der Waals surface area contributed by atoms with Crippen LogP contribution in [0.3, 0.4) is 0 Å². The minimum absolute atomic E-state index is 0.0944. The normalized spacial score (nSPS) is 42.9. The molecule has 4 bridgehead atoms. The van der Waals surface area contributed by atoms with Gasteiger partial charge in [0.05, 0.1) is 6.61 Å². The molecule has 2 nitrogen and oxygen atoms in total. The van der Waals surface area contributed by atoms with Crippen molar-refractivity contribution >= 4 is 0 Å². The molecule has 0 spiro atoms. The highest BCUT2D eigenvalue weighted by Crippen LogP contribution is 2.74. The van der Waals surface area contributed by atoms with Gasteiger partial charge in [0.25, 0.3) is 5.60 Å². The molecule has 4 aliphatic carbocycles. The van der Waals surface area contributed by atoms with Crippen LogP contribution in [0.15, 0.2) is 12.7 Å². The molecule has 0 amide bonds. The lowest BCUT2D eigenvalue weighted by Gasteiger charge is -2.66. The monoisotopic (exact) mass is 430 g/mol. The van der Waals surface area contributed by atoms with Crippen LogP contribution in [-0.2, 0) is 9.47 Å². The van der Waals surface area contributed by atoms with Crippen molar-refractivity contribution in [2.24, 2.45) is 22.7 Å². The second kappa shape index (κ2) is 6.34. The highest BCUT2D eigenvalue weighted by molar-refractivity contribution is 5.22. The van der Waals surface area contributed by atoms with Crippen LogP contribution in [-0.4, -0.2) is 30.6 Å².